The molecule has 1 aromatic carbocycles. The van der Waals surface area contributed by atoms with E-state index in [1.165, 1.54) is 7.11 Å². The van der Waals surface area contributed by atoms with Gasteiger partial charge in [-0.2, -0.15) is 5.10 Å². The maximum atomic E-state index is 11.2. The van der Waals surface area contributed by atoms with E-state index in [1.807, 2.05) is 0 Å². The Kier molecular flexibility index (Phi) is 3.41. The van der Waals surface area contributed by atoms with Gasteiger partial charge in [-0.25, -0.2) is 4.79 Å². The largest absolute Gasteiger partial charge is 0.497 e. The number of aromatic amines is 1. The molecular weight excluding hydrogens is 248 g/mol. The third-order valence-corrected chi connectivity index (χ3v) is 2.83. The van der Waals surface area contributed by atoms with Crippen LogP contribution in [0.3, 0.4) is 0 Å². The molecule has 0 radical (unpaired) electrons. The smallest absolute Gasteiger partial charge is 0.357 e. The molecule has 0 aliphatic heterocycles. The predicted octanol–water partition coefficient (Wildman–Crippen LogP) is 2.10. The number of carboxylic acid groups (broad SMARTS) is 1. The number of hydrogen-bond donors (Lipinski definition) is 2. The number of ether oxygens (including phenoxy) is 2. The summed E-state index contributed by atoms with van der Waals surface area (Å²) in [7, 11) is 3.08. The highest BCUT2D eigenvalue weighted by Gasteiger charge is 2.21. The molecule has 2 rings (SSSR count). The maximum Gasteiger partial charge on any atom is 0.357 e. The third-order valence-electron chi connectivity index (χ3n) is 2.83. The van der Waals surface area contributed by atoms with Crippen LogP contribution in [0.15, 0.2) is 18.2 Å². The van der Waals surface area contributed by atoms with Crippen molar-refractivity contribution in [1.29, 1.82) is 0 Å². The molecular formula is C13H14N2O4. The molecule has 0 atom stereocenters. The van der Waals surface area contributed by atoms with Crippen LogP contribution in [0.25, 0.3) is 11.1 Å². The average molecular weight is 262 g/mol. The van der Waals surface area contributed by atoms with Crippen molar-refractivity contribution in [3.05, 3.63) is 29.6 Å². The van der Waals surface area contributed by atoms with Gasteiger partial charge in [-0.05, 0) is 25.1 Å². The number of aromatic carboxylic acids is 1. The number of aromatic nitrogens is 2. The van der Waals surface area contributed by atoms with Gasteiger partial charge in [0, 0.05) is 16.8 Å². The summed E-state index contributed by atoms with van der Waals surface area (Å²) in [4.78, 5) is 11.2. The number of rotatable bonds is 4. The first-order chi connectivity index (χ1) is 9.08. The van der Waals surface area contributed by atoms with Crippen LogP contribution in [-0.4, -0.2) is 35.5 Å². The molecule has 0 saturated carbocycles. The molecule has 1 heterocycles. The lowest BCUT2D eigenvalue weighted by Crippen LogP contribution is -2.00. The number of hydrogen-bond acceptors (Lipinski definition) is 4. The number of benzene rings is 1. The summed E-state index contributed by atoms with van der Waals surface area (Å²) < 4.78 is 10.4. The van der Waals surface area contributed by atoms with Crippen molar-refractivity contribution in [3.8, 4) is 22.6 Å². The van der Waals surface area contributed by atoms with Gasteiger partial charge in [-0.1, -0.05) is 0 Å². The number of nitrogens with one attached hydrogen (secondary N) is 1. The zero-order valence-electron chi connectivity index (χ0n) is 10.9. The fourth-order valence-corrected chi connectivity index (χ4v) is 1.92. The number of methoxy groups -OCH3 is 2. The summed E-state index contributed by atoms with van der Waals surface area (Å²) in [6, 6.07) is 5.20. The van der Waals surface area contributed by atoms with Gasteiger partial charge in [-0.15, -0.1) is 0 Å². The Balaban J connectivity index is 2.69. The summed E-state index contributed by atoms with van der Waals surface area (Å²) >= 11 is 0. The van der Waals surface area contributed by atoms with E-state index < -0.39 is 5.97 Å². The van der Waals surface area contributed by atoms with Crippen LogP contribution in [0.2, 0.25) is 0 Å². The number of carbonyl (C=O) groups is 1. The summed E-state index contributed by atoms with van der Waals surface area (Å²) in [6.07, 6.45) is 0. The topological polar surface area (TPSA) is 84.4 Å². The third kappa shape index (κ3) is 2.24. The van der Waals surface area contributed by atoms with Crippen LogP contribution in [0.4, 0.5) is 0 Å². The van der Waals surface area contributed by atoms with Crippen molar-refractivity contribution in [3.63, 3.8) is 0 Å². The highest BCUT2D eigenvalue weighted by atomic mass is 16.5. The van der Waals surface area contributed by atoms with Crippen molar-refractivity contribution in [1.82, 2.24) is 10.2 Å². The SMILES string of the molecule is COc1ccc(OC)c(-c2c(C(=O)O)n[nH]c2C)c1. The van der Waals surface area contributed by atoms with Crippen LogP contribution in [0.1, 0.15) is 16.2 Å². The molecule has 100 valence electrons. The Morgan fingerprint density at radius 1 is 1.32 bits per heavy atom. The minimum absolute atomic E-state index is 0.0379. The minimum Gasteiger partial charge on any atom is -0.497 e. The first-order valence-electron chi connectivity index (χ1n) is 5.59. The molecule has 19 heavy (non-hydrogen) atoms. The second-order valence-electron chi connectivity index (χ2n) is 3.94. The van der Waals surface area contributed by atoms with E-state index in [0.717, 1.165) is 0 Å². The van der Waals surface area contributed by atoms with Gasteiger partial charge in [0.2, 0.25) is 0 Å². The normalized spacial score (nSPS) is 10.3. The van der Waals surface area contributed by atoms with Gasteiger partial charge < -0.3 is 14.6 Å². The van der Waals surface area contributed by atoms with Crippen LogP contribution >= 0.6 is 0 Å². The molecule has 6 nitrogen and oxygen atoms in total. The van der Waals surface area contributed by atoms with Crippen LogP contribution in [0, 0.1) is 6.92 Å². The summed E-state index contributed by atoms with van der Waals surface area (Å²) in [5.74, 6) is 0.0877. The maximum absolute atomic E-state index is 11.2. The molecule has 0 aliphatic carbocycles. The summed E-state index contributed by atoms with van der Waals surface area (Å²) in [5.41, 5.74) is 1.75. The first-order valence-corrected chi connectivity index (χ1v) is 5.59. The van der Waals surface area contributed by atoms with Gasteiger partial charge in [-0.3, -0.25) is 5.10 Å². The van der Waals surface area contributed by atoms with E-state index >= 15 is 0 Å². The van der Waals surface area contributed by atoms with Gasteiger partial charge >= 0.3 is 5.97 Å². The average Bonchev–Trinajstić information content (AvgIpc) is 2.80. The molecule has 0 bridgehead atoms. The Bertz CT molecular complexity index is 619. The Morgan fingerprint density at radius 2 is 2.05 bits per heavy atom. The number of H-pyrrole nitrogens is 1. The lowest BCUT2D eigenvalue weighted by Gasteiger charge is -2.10. The predicted molar refractivity (Wildman–Crippen MR) is 68.8 cm³/mol. The molecule has 2 aromatic rings. The Labute approximate surface area is 110 Å². The summed E-state index contributed by atoms with van der Waals surface area (Å²) in [5, 5.41) is 15.7. The fourth-order valence-electron chi connectivity index (χ4n) is 1.92. The van der Waals surface area contributed by atoms with E-state index in [4.69, 9.17) is 9.47 Å². The monoisotopic (exact) mass is 262 g/mol. The van der Waals surface area contributed by atoms with E-state index in [0.29, 0.717) is 28.3 Å². The molecule has 0 fully saturated rings. The molecule has 2 N–H and O–H groups in total. The lowest BCUT2D eigenvalue weighted by atomic mass is 10.0. The lowest BCUT2D eigenvalue weighted by molar-refractivity contribution is 0.0691. The van der Waals surface area contributed by atoms with Crippen molar-refractivity contribution >= 4 is 5.97 Å². The van der Waals surface area contributed by atoms with Gasteiger partial charge in [0.15, 0.2) is 5.69 Å². The van der Waals surface area contributed by atoms with E-state index in [9.17, 15) is 9.90 Å². The van der Waals surface area contributed by atoms with Crippen molar-refractivity contribution in [2.24, 2.45) is 0 Å². The van der Waals surface area contributed by atoms with E-state index in [2.05, 4.69) is 10.2 Å². The minimum atomic E-state index is -1.09. The van der Waals surface area contributed by atoms with Crippen molar-refractivity contribution < 1.29 is 19.4 Å². The number of carboxylic acids is 1. The number of aryl methyl sites for hydroxylation is 1. The zero-order valence-corrected chi connectivity index (χ0v) is 10.9. The van der Waals surface area contributed by atoms with Crippen LogP contribution < -0.4 is 9.47 Å². The highest BCUT2D eigenvalue weighted by Crippen LogP contribution is 2.36. The van der Waals surface area contributed by atoms with E-state index in [1.54, 1.807) is 32.2 Å². The fraction of sp³-hybridized carbons (Fsp3) is 0.231. The molecule has 6 heteroatoms. The van der Waals surface area contributed by atoms with Gasteiger partial charge in [0.05, 0.1) is 14.2 Å². The van der Waals surface area contributed by atoms with Gasteiger partial charge in [0.25, 0.3) is 0 Å². The standard InChI is InChI=1S/C13H14N2O4/c1-7-11(12(13(16)17)15-14-7)9-6-8(18-2)4-5-10(9)19-3/h4-6H,1-3H3,(H,14,15)(H,16,17). The highest BCUT2D eigenvalue weighted by molar-refractivity contribution is 5.96. The van der Waals surface area contributed by atoms with Crippen molar-refractivity contribution in [2.75, 3.05) is 14.2 Å². The Morgan fingerprint density at radius 3 is 2.63 bits per heavy atom. The molecule has 1 aromatic heterocycles. The van der Waals surface area contributed by atoms with Gasteiger partial charge in [0.1, 0.15) is 11.5 Å². The van der Waals surface area contributed by atoms with Crippen LogP contribution in [0.5, 0.6) is 11.5 Å². The molecule has 0 saturated heterocycles. The molecule has 0 spiro atoms. The molecule has 0 amide bonds. The van der Waals surface area contributed by atoms with E-state index in [-0.39, 0.29) is 5.69 Å². The second-order valence-corrected chi connectivity index (χ2v) is 3.94. The van der Waals surface area contributed by atoms with Crippen molar-refractivity contribution in [2.45, 2.75) is 6.92 Å². The van der Waals surface area contributed by atoms with Crippen LogP contribution in [-0.2, 0) is 0 Å². The second kappa shape index (κ2) is 5.01. The first kappa shape index (κ1) is 12.9. The number of nitrogens with zero attached hydrogens (tertiary/aromatic N) is 1. The zero-order chi connectivity index (χ0) is 14.0. The molecule has 0 unspecified atom stereocenters. The summed E-state index contributed by atoms with van der Waals surface area (Å²) in [6.45, 7) is 1.76. The molecule has 0 aliphatic rings. The Hall–Kier alpha value is -2.50. The quantitative estimate of drug-likeness (QED) is 0.881.